The molecule has 0 radical (unpaired) electrons. The number of hydrogen-bond donors (Lipinski definition) is 0. The normalized spacial score (nSPS) is 49.6. The van der Waals surface area contributed by atoms with Crippen molar-refractivity contribution in [2.45, 2.75) is 42.9 Å². The van der Waals surface area contributed by atoms with Crippen molar-refractivity contribution < 1.29 is 14.2 Å². The largest absolute Gasteiger partial charge is 0.632 e. The van der Waals surface area contributed by atoms with Crippen molar-refractivity contribution in [2.24, 2.45) is 11.8 Å². The van der Waals surface area contributed by atoms with Gasteiger partial charge in [-0.3, -0.25) is 4.79 Å². The Morgan fingerprint density at radius 3 is 3.12 bits per heavy atom. The Morgan fingerprint density at radius 1 is 1.31 bits per heavy atom. The summed E-state index contributed by atoms with van der Waals surface area (Å²) >= 11 is 0. The van der Waals surface area contributed by atoms with E-state index in [0.29, 0.717) is 38.0 Å². The van der Waals surface area contributed by atoms with Crippen LogP contribution in [0.4, 0.5) is 5.69 Å². The van der Waals surface area contributed by atoms with Crippen molar-refractivity contribution >= 4 is 11.6 Å². The molecule has 0 unspecified atom stereocenters. The molecular weight excluding hydrogens is 328 g/mol. The number of rotatable bonds is 0. The topological polar surface area (TPSA) is 52.6 Å². The number of carbonyl (C=O) groups excluding carboxylic acids is 1. The van der Waals surface area contributed by atoms with Crippen LogP contribution in [0.2, 0.25) is 0 Å². The molecule has 1 amide bonds. The monoisotopic (exact) mass is 350 g/mol. The Hall–Kier alpha value is -1.69. The van der Waals surface area contributed by atoms with Crippen LogP contribution in [0.3, 0.4) is 0 Å². The van der Waals surface area contributed by atoms with Crippen LogP contribution >= 0.6 is 0 Å². The van der Waals surface area contributed by atoms with E-state index in [9.17, 15) is 10.0 Å². The van der Waals surface area contributed by atoms with Crippen molar-refractivity contribution in [3.63, 3.8) is 0 Å². The lowest BCUT2D eigenvalue weighted by atomic mass is 9.53. The molecule has 5 heteroatoms. The number of piperidine rings is 2. The number of anilines is 1. The van der Waals surface area contributed by atoms with Gasteiger partial charge in [0.05, 0.1) is 37.1 Å². The van der Waals surface area contributed by atoms with Crippen LogP contribution in [0.15, 0.2) is 35.9 Å². The first kappa shape index (κ1) is 14.4. The quantitative estimate of drug-likeness (QED) is 0.409. The number of ether oxygens (including phenoxy) is 1. The second-order valence-electron chi connectivity index (χ2n) is 9.14. The lowest BCUT2D eigenvalue weighted by Crippen LogP contribution is -2.71. The zero-order chi connectivity index (χ0) is 17.3. The maximum Gasteiger partial charge on any atom is 0.229 e. The van der Waals surface area contributed by atoms with E-state index in [0.717, 1.165) is 18.5 Å². The Balaban J connectivity index is 1.56. The van der Waals surface area contributed by atoms with E-state index in [1.807, 2.05) is 6.07 Å². The number of fused-ring (bicyclic) bond motifs is 2. The third-order valence-electron chi connectivity index (χ3n) is 8.50. The first-order valence-corrected chi connectivity index (χ1v) is 9.93. The van der Waals surface area contributed by atoms with Crippen molar-refractivity contribution in [1.29, 1.82) is 0 Å². The van der Waals surface area contributed by atoms with E-state index in [4.69, 9.17) is 4.74 Å². The predicted octanol–water partition coefficient (Wildman–Crippen LogP) is 2.11. The molecule has 1 aromatic carbocycles. The zero-order valence-electron chi connectivity index (χ0n) is 14.6. The summed E-state index contributed by atoms with van der Waals surface area (Å²) in [5, 5.41) is 13.9. The van der Waals surface area contributed by atoms with Crippen molar-refractivity contribution in [1.82, 2.24) is 0 Å². The highest BCUT2D eigenvalue weighted by molar-refractivity contribution is 5.99. The third kappa shape index (κ3) is 1.33. The Labute approximate surface area is 152 Å². The number of nitrogens with zero attached hydrogens (tertiary/aromatic N) is 2. The van der Waals surface area contributed by atoms with Gasteiger partial charge in [-0.1, -0.05) is 24.3 Å². The number of hydrogen-bond acceptors (Lipinski definition) is 3. The lowest BCUT2D eigenvalue weighted by molar-refractivity contribution is -0.896. The lowest BCUT2D eigenvalue weighted by Gasteiger charge is -2.61. The summed E-state index contributed by atoms with van der Waals surface area (Å²) in [5.41, 5.74) is 3.46. The highest BCUT2D eigenvalue weighted by Crippen LogP contribution is 2.67. The van der Waals surface area contributed by atoms with E-state index in [1.54, 1.807) is 0 Å². The van der Waals surface area contributed by atoms with Gasteiger partial charge in [-0.25, -0.2) is 0 Å². The van der Waals surface area contributed by atoms with E-state index < -0.39 is 0 Å². The minimum atomic E-state index is -0.174. The Morgan fingerprint density at radius 2 is 2.19 bits per heavy atom. The minimum absolute atomic E-state index is 0.00175. The molecule has 1 aromatic rings. The average Bonchev–Trinajstić information content (AvgIpc) is 3.05. The third-order valence-corrected chi connectivity index (χ3v) is 8.50. The summed E-state index contributed by atoms with van der Waals surface area (Å²) in [6.07, 6.45) is 4.51. The molecule has 6 aliphatic rings. The van der Waals surface area contributed by atoms with Crippen LogP contribution in [0, 0.1) is 17.0 Å². The second kappa shape index (κ2) is 4.24. The number of para-hydroxylation sites is 1. The molecular formula is C21H22N2O3. The first-order valence-electron chi connectivity index (χ1n) is 9.93. The number of benzene rings is 1. The summed E-state index contributed by atoms with van der Waals surface area (Å²) in [6.45, 7) is 1.87. The molecule has 1 saturated carbocycles. The first-order chi connectivity index (χ1) is 12.6. The molecule has 5 heterocycles. The second-order valence-corrected chi connectivity index (χ2v) is 9.14. The fourth-order valence-electron chi connectivity index (χ4n) is 7.77. The van der Waals surface area contributed by atoms with Crippen LogP contribution in [-0.2, 0) is 14.9 Å². The summed E-state index contributed by atoms with van der Waals surface area (Å²) in [7, 11) is 0. The number of quaternary nitrogens is 1. The van der Waals surface area contributed by atoms with E-state index in [1.165, 1.54) is 11.1 Å². The maximum absolute atomic E-state index is 13.9. The number of hydroxylamine groups is 3. The SMILES string of the molecule is O=C1C[C@@H]2OCC=C3C[N@+]4([O-])CC[C@]56c7ccccc7N1[C@H]5[C@H]2[C@H]3C[C@@H]64. The predicted molar refractivity (Wildman–Crippen MR) is 95.2 cm³/mol. The van der Waals surface area contributed by atoms with Gasteiger partial charge >= 0.3 is 0 Å². The molecule has 0 aromatic heterocycles. The van der Waals surface area contributed by atoms with E-state index in [2.05, 4.69) is 29.2 Å². The maximum atomic E-state index is 13.9. The Bertz CT molecular complexity index is 897. The molecule has 26 heavy (non-hydrogen) atoms. The average molecular weight is 350 g/mol. The number of carbonyl (C=O) groups is 1. The molecule has 5 aliphatic heterocycles. The van der Waals surface area contributed by atoms with E-state index in [-0.39, 0.29) is 34.2 Å². The summed E-state index contributed by atoms with van der Waals surface area (Å²) in [6, 6.07) is 8.58. The molecule has 7 rings (SSSR count). The Kier molecular flexibility index (Phi) is 2.34. The zero-order valence-corrected chi connectivity index (χ0v) is 14.6. The standard InChI is InChI=1S/C21H22N2O3/c24-18-10-16-19-13-9-17-21(6-7-23(17,25)11-12(13)5-8-26-16)14-3-1-2-4-15(14)22(18)20(19)21/h1-5,13,16-17,19-20H,6-11H2/t13-,16-,17-,19-,20-,21+,23+/m0/s1. The van der Waals surface area contributed by atoms with Gasteiger partial charge in [0.15, 0.2) is 0 Å². The highest BCUT2D eigenvalue weighted by atomic mass is 16.6. The summed E-state index contributed by atoms with van der Waals surface area (Å²) in [5.74, 6) is 0.922. The van der Waals surface area contributed by atoms with Gasteiger partial charge < -0.3 is 19.5 Å². The molecule has 7 atom stereocenters. The van der Waals surface area contributed by atoms with Gasteiger partial charge in [0.25, 0.3) is 0 Å². The highest BCUT2D eigenvalue weighted by Gasteiger charge is 2.74. The molecule has 5 nitrogen and oxygen atoms in total. The van der Waals surface area contributed by atoms with Crippen molar-refractivity contribution in [3.8, 4) is 0 Å². The van der Waals surface area contributed by atoms with Crippen LogP contribution < -0.4 is 4.90 Å². The summed E-state index contributed by atoms with van der Waals surface area (Å²) in [4.78, 5) is 15.3. The fraction of sp³-hybridized carbons (Fsp3) is 0.571. The minimum Gasteiger partial charge on any atom is -0.632 e. The molecule has 1 spiro atoms. The number of amides is 1. The molecule has 134 valence electrons. The van der Waals surface area contributed by atoms with Crippen molar-refractivity contribution in [3.05, 3.63) is 46.7 Å². The molecule has 4 fully saturated rings. The van der Waals surface area contributed by atoms with E-state index >= 15 is 0 Å². The van der Waals surface area contributed by atoms with Crippen molar-refractivity contribution in [2.75, 3.05) is 24.6 Å². The van der Waals surface area contributed by atoms with Crippen LogP contribution in [-0.4, -0.2) is 48.4 Å². The van der Waals surface area contributed by atoms with Gasteiger partial charge in [0.2, 0.25) is 5.91 Å². The van der Waals surface area contributed by atoms with Crippen LogP contribution in [0.5, 0.6) is 0 Å². The van der Waals surface area contributed by atoms with Crippen LogP contribution in [0.1, 0.15) is 24.8 Å². The summed E-state index contributed by atoms with van der Waals surface area (Å²) < 4.78 is 6.10. The van der Waals surface area contributed by atoms with Gasteiger partial charge in [-0.05, 0) is 23.1 Å². The molecule has 3 saturated heterocycles. The van der Waals surface area contributed by atoms with Gasteiger partial charge in [-0.2, -0.15) is 0 Å². The van der Waals surface area contributed by atoms with Crippen LogP contribution in [0.25, 0.3) is 0 Å². The smallest absolute Gasteiger partial charge is 0.229 e. The molecule has 1 aliphatic carbocycles. The van der Waals surface area contributed by atoms with Gasteiger partial charge in [-0.15, -0.1) is 0 Å². The molecule has 0 N–H and O–H groups in total. The molecule has 2 bridgehead atoms. The van der Waals surface area contributed by atoms with Gasteiger partial charge in [0.1, 0.15) is 12.6 Å². The van der Waals surface area contributed by atoms with Gasteiger partial charge in [0, 0.05) is 24.4 Å². The fourth-order valence-corrected chi connectivity index (χ4v) is 7.77.